The van der Waals surface area contributed by atoms with Gasteiger partial charge < -0.3 is 15.0 Å². The summed E-state index contributed by atoms with van der Waals surface area (Å²) in [5.41, 5.74) is -0.725. The lowest BCUT2D eigenvalue weighted by Gasteiger charge is -2.32. The van der Waals surface area contributed by atoms with Crippen molar-refractivity contribution in [3.05, 3.63) is 59.7 Å². The maximum Gasteiger partial charge on any atom is 0.416 e. The number of halogens is 3. The summed E-state index contributed by atoms with van der Waals surface area (Å²) in [4.78, 5) is 27.6. The molecule has 8 nitrogen and oxygen atoms in total. The molecule has 2 aromatic rings. The molecule has 0 aliphatic heterocycles. The van der Waals surface area contributed by atoms with Gasteiger partial charge in [0, 0.05) is 12.6 Å². The molecule has 0 aromatic heterocycles. The lowest BCUT2D eigenvalue weighted by atomic mass is 10.1. The zero-order valence-electron chi connectivity index (χ0n) is 21.4. The molecule has 0 radical (unpaired) electrons. The summed E-state index contributed by atoms with van der Waals surface area (Å²) < 4.78 is 70.6. The highest BCUT2D eigenvalue weighted by Gasteiger charge is 2.33. The Labute approximate surface area is 215 Å². The molecule has 2 aromatic carbocycles. The second-order valence-electron chi connectivity index (χ2n) is 8.68. The maximum absolute atomic E-state index is 13.5. The van der Waals surface area contributed by atoms with Gasteiger partial charge in [-0.2, -0.15) is 13.2 Å². The van der Waals surface area contributed by atoms with E-state index < -0.39 is 46.2 Å². The Morgan fingerprint density at radius 2 is 1.70 bits per heavy atom. The van der Waals surface area contributed by atoms with Crippen molar-refractivity contribution in [2.24, 2.45) is 0 Å². The minimum Gasteiger partial charge on any atom is -0.497 e. The molecule has 0 aliphatic carbocycles. The molecule has 37 heavy (non-hydrogen) atoms. The second-order valence-corrected chi connectivity index (χ2v) is 10.6. The molecule has 2 atom stereocenters. The first-order chi connectivity index (χ1) is 17.2. The van der Waals surface area contributed by atoms with Crippen LogP contribution in [0.15, 0.2) is 48.5 Å². The predicted octanol–water partition coefficient (Wildman–Crippen LogP) is 3.81. The van der Waals surface area contributed by atoms with Gasteiger partial charge in [-0.05, 0) is 56.2 Å². The van der Waals surface area contributed by atoms with Crippen LogP contribution in [0.25, 0.3) is 0 Å². The van der Waals surface area contributed by atoms with E-state index in [4.69, 9.17) is 4.74 Å². The molecule has 204 valence electrons. The topological polar surface area (TPSA) is 96.0 Å². The Morgan fingerprint density at radius 3 is 2.22 bits per heavy atom. The highest BCUT2D eigenvalue weighted by molar-refractivity contribution is 7.92. The molecule has 0 saturated carbocycles. The zero-order chi connectivity index (χ0) is 28.0. The molecule has 0 heterocycles. The number of methoxy groups -OCH3 is 1. The van der Waals surface area contributed by atoms with Gasteiger partial charge in [0.15, 0.2) is 0 Å². The molecular formula is C25H32F3N3O5S. The van der Waals surface area contributed by atoms with E-state index in [1.54, 1.807) is 31.2 Å². The standard InChI is InChI=1S/C25H32F3N3O5S/c1-6-17(2)29-24(33)18(3)30(15-19-10-12-22(36-4)13-11-19)23(32)16-31(37(5,34)35)21-9-7-8-20(14-21)25(26,27)28/h7-14,17-18H,6,15-16H2,1-5H3,(H,29,33). The smallest absolute Gasteiger partial charge is 0.416 e. The van der Waals surface area contributed by atoms with Gasteiger partial charge in [0.25, 0.3) is 0 Å². The summed E-state index contributed by atoms with van der Waals surface area (Å²) in [5, 5.41) is 2.80. The Kier molecular flexibility index (Phi) is 9.96. The van der Waals surface area contributed by atoms with Gasteiger partial charge in [-0.1, -0.05) is 25.1 Å². The Hall–Kier alpha value is -3.28. The van der Waals surface area contributed by atoms with Gasteiger partial charge in [0.2, 0.25) is 21.8 Å². The van der Waals surface area contributed by atoms with E-state index in [-0.39, 0.29) is 18.3 Å². The van der Waals surface area contributed by atoms with Crippen LogP contribution >= 0.6 is 0 Å². The summed E-state index contributed by atoms with van der Waals surface area (Å²) in [5.74, 6) is -0.622. The van der Waals surface area contributed by atoms with Gasteiger partial charge in [0.1, 0.15) is 18.3 Å². The Morgan fingerprint density at radius 1 is 1.08 bits per heavy atom. The van der Waals surface area contributed by atoms with Crippen LogP contribution in [0.3, 0.4) is 0 Å². The van der Waals surface area contributed by atoms with Crippen LogP contribution in [0.5, 0.6) is 5.75 Å². The predicted molar refractivity (Wildman–Crippen MR) is 135 cm³/mol. The minimum absolute atomic E-state index is 0.0435. The number of ether oxygens (including phenoxy) is 1. The number of alkyl halides is 3. The third-order valence-electron chi connectivity index (χ3n) is 5.82. The average Bonchev–Trinajstić information content (AvgIpc) is 2.84. The summed E-state index contributed by atoms with van der Waals surface area (Å²) in [7, 11) is -2.66. The number of hydrogen-bond acceptors (Lipinski definition) is 5. The lowest BCUT2D eigenvalue weighted by Crippen LogP contribution is -2.52. The number of hydrogen-bond donors (Lipinski definition) is 1. The van der Waals surface area contributed by atoms with Crippen LogP contribution < -0.4 is 14.4 Å². The van der Waals surface area contributed by atoms with Crippen LogP contribution in [0.4, 0.5) is 18.9 Å². The number of benzene rings is 2. The van der Waals surface area contributed by atoms with Crippen molar-refractivity contribution < 1.29 is 35.9 Å². The molecule has 0 aliphatic rings. The van der Waals surface area contributed by atoms with Crippen LogP contribution in [0.2, 0.25) is 0 Å². The number of sulfonamides is 1. The fourth-order valence-electron chi connectivity index (χ4n) is 3.43. The summed E-state index contributed by atoms with van der Waals surface area (Å²) in [6.07, 6.45) is -3.25. The summed E-state index contributed by atoms with van der Waals surface area (Å²) in [6, 6.07) is 9.30. The number of nitrogens with one attached hydrogen (secondary N) is 1. The molecule has 2 rings (SSSR count). The monoisotopic (exact) mass is 543 g/mol. The molecule has 1 N–H and O–H groups in total. The molecule has 0 fully saturated rings. The van der Waals surface area contributed by atoms with Crippen molar-refractivity contribution in [3.63, 3.8) is 0 Å². The van der Waals surface area contributed by atoms with Crippen molar-refractivity contribution in [1.29, 1.82) is 0 Å². The van der Waals surface area contributed by atoms with E-state index in [9.17, 15) is 31.2 Å². The Balaban J connectivity index is 2.43. The van der Waals surface area contributed by atoms with Gasteiger partial charge in [0.05, 0.1) is 24.6 Å². The molecule has 2 unspecified atom stereocenters. The summed E-state index contributed by atoms with van der Waals surface area (Å²) >= 11 is 0. The highest BCUT2D eigenvalue weighted by Crippen LogP contribution is 2.32. The van der Waals surface area contributed by atoms with Crippen LogP contribution in [-0.2, 0) is 32.3 Å². The van der Waals surface area contributed by atoms with E-state index in [0.29, 0.717) is 28.1 Å². The number of rotatable bonds is 11. The first-order valence-electron chi connectivity index (χ1n) is 11.5. The van der Waals surface area contributed by atoms with Crippen molar-refractivity contribution in [3.8, 4) is 5.75 Å². The van der Waals surface area contributed by atoms with Crippen molar-refractivity contribution in [2.45, 2.75) is 52.0 Å². The number of anilines is 1. The van der Waals surface area contributed by atoms with Gasteiger partial charge in [-0.15, -0.1) is 0 Å². The quantitative estimate of drug-likeness (QED) is 0.465. The summed E-state index contributed by atoms with van der Waals surface area (Å²) in [6.45, 7) is 4.36. The maximum atomic E-state index is 13.5. The SMILES string of the molecule is CCC(C)NC(=O)C(C)N(Cc1ccc(OC)cc1)C(=O)CN(c1cccc(C(F)(F)F)c1)S(C)(=O)=O. The Bertz CT molecular complexity index is 1190. The van der Waals surface area contributed by atoms with Gasteiger partial charge in [-0.3, -0.25) is 13.9 Å². The minimum atomic E-state index is -4.70. The van der Waals surface area contributed by atoms with Crippen molar-refractivity contribution in [2.75, 3.05) is 24.2 Å². The molecule has 12 heteroatoms. The first-order valence-corrected chi connectivity index (χ1v) is 13.4. The fourth-order valence-corrected chi connectivity index (χ4v) is 4.27. The van der Waals surface area contributed by atoms with E-state index in [1.807, 2.05) is 6.92 Å². The normalized spacial score (nSPS) is 13.4. The van der Waals surface area contributed by atoms with Crippen molar-refractivity contribution >= 4 is 27.5 Å². The van der Waals surface area contributed by atoms with E-state index in [0.717, 1.165) is 18.4 Å². The molecular weight excluding hydrogens is 511 g/mol. The zero-order valence-corrected chi connectivity index (χ0v) is 22.2. The average molecular weight is 544 g/mol. The number of carbonyl (C=O) groups excluding carboxylic acids is 2. The van der Waals surface area contributed by atoms with Crippen molar-refractivity contribution in [1.82, 2.24) is 10.2 Å². The van der Waals surface area contributed by atoms with Gasteiger partial charge >= 0.3 is 6.18 Å². The molecule has 0 saturated heterocycles. The highest BCUT2D eigenvalue weighted by atomic mass is 32.2. The van der Waals surface area contributed by atoms with E-state index in [1.165, 1.54) is 25.0 Å². The molecule has 0 spiro atoms. The van der Waals surface area contributed by atoms with E-state index in [2.05, 4.69) is 5.32 Å². The largest absolute Gasteiger partial charge is 0.497 e. The molecule has 2 amide bonds. The van der Waals surface area contributed by atoms with Crippen LogP contribution in [0, 0.1) is 0 Å². The first kappa shape index (κ1) is 29.9. The van der Waals surface area contributed by atoms with Gasteiger partial charge in [-0.25, -0.2) is 8.42 Å². The third-order valence-corrected chi connectivity index (χ3v) is 6.96. The third kappa shape index (κ3) is 8.38. The number of carbonyl (C=O) groups is 2. The lowest BCUT2D eigenvalue weighted by molar-refractivity contribution is -0.139. The van der Waals surface area contributed by atoms with Crippen LogP contribution in [-0.4, -0.2) is 57.1 Å². The number of nitrogens with zero attached hydrogens (tertiary/aromatic N) is 2. The van der Waals surface area contributed by atoms with Crippen LogP contribution in [0.1, 0.15) is 38.3 Å². The van der Waals surface area contributed by atoms with E-state index >= 15 is 0 Å². The fraction of sp³-hybridized carbons (Fsp3) is 0.440. The second kappa shape index (κ2) is 12.3. The molecule has 0 bridgehead atoms. The number of amides is 2.